The van der Waals surface area contributed by atoms with E-state index in [2.05, 4.69) is 15.7 Å². The van der Waals surface area contributed by atoms with E-state index in [1.54, 1.807) is 22.8 Å². The Morgan fingerprint density at radius 1 is 1.09 bits per heavy atom. The molecule has 2 aromatic heterocycles. The number of aliphatic hydroxyl groups excluding tert-OH is 1. The summed E-state index contributed by atoms with van der Waals surface area (Å²) in [5.41, 5.74) is 3.64. The monoisotopic (exact) mass is 477 g/mol. The fourth-order valence-electron chi connectivity index (χ4n) is 4.56. The maximum absolute atomic E-state index is 14.5. The number of carbonyl (C=O) groups excluding carboxylic acids is 1. The second-order valence-corrected chi connectivity index (χ2v) is 8.47. The molecule has 0 aliphatic carbocycles. The summed E-state index contributed by atoms with van der Waals surface area (Å²) in [6, 6.07) is 14.2. The molecule has 5 rings (SSSR count). The summed E-state index contributed by atoms with van der Waals surface area (Å²) < 4.78 is 30.0. The standard InChI is InChI=1S/C26H25F2N5O2/c27-17-3-8-23(28)21(14-17)24-2-1-11-32(24)20-9-12-33-25(15-20)22(16-30-33)26(35)31-19-6-4-18(5-7-19)29-10-13-34/h3-9,12,14-16,24,29,34H,1-2,10-11,13H2,(H,31,35). The number of benzene rings is 2. The van der Waals surface area contributed by atoms with E-state index in [0.717, 1.165) is 23.9 Å². The normalized spacial score (nSPS) is 15.5. The summed E-state index contributed by atoms with van der Waals surface area (Å²) in [6.45, 7) is 1.17. The number of carbonyl (C=O) groups is 1. The fourth-order valence-corrected chi connectivity index (χ4v) is 4.56. The van der Waals surface area contributed by atoms with Crippen molar-refractivity contribution in [1.29, 1.82) is 0 Å². The lowest BCUT2D eigenvalue weighted by molar-refractivity contribution is 0.102. The van der Waals surface area contributed by atoms with Crippen molar-refractivity contribution in [3.8, 4) is 0 Å². The highest BCUT2D eigenvalue weighted by Crippen LogP contribution is 2.38. The van der Waals surface area contributed by atoms with Gasteiger partial charge in [-0.1, -0.05) is 0 Å². The molecular weight excluding hydrogens is 452 g/mol. The number of hydrogen-bond donors (Lipinski definition) is 3. The molecule has 0 bridgehead atoms. The summed E-state index contributed by atoms with van der Waals surface area (Å²) in [4.78, 5) is 15.1. The molecule has 3 N–H and O–H groups in total. The van der Waals surface area contributed by atoms with Crippen LogP contribution in [0.2, 0.25) is 0 Å². The number of nitrogens with zero attached hydrogens (tertiary/aromatic N) is 3. The molecule has 4 aromatic rings. The predicted molar refractivity (Wildman–Crippen MR) is 131 cm³/mol. The van der Waals surface area contributed by atoms with E-state index in [4.69, 9.17) is 5.11 Å². The van der Waals surface area contributed by atoms with E-state index >= 15 is 0 Å². The number of hydrogen-bond acceptors (Lipinski definition) is 5. The summed E-state index contributed by atoms with van der Waals surface area (Å²) >= 11 is 0. The molecule has 9 heteroatoms. The van der Waals surface area contributed by atoms with Crippen molar-refractivity contribution in [3.63, 3.8) is 0 Å². The summed E-state index contributed by atoms with van der Waals surface area (Å²) in [6.07, 6.45) is 4.84. The number of pyridine rings is 1. The molecule has 0 radical (unpaired) electrons. The van der Waals surface area contributed by atoms with Gasteiger partial charge in [0.1, 0.15) is 11.6 Å². The maximum Gasteiger partial charge on any atom is 0.259 e. The molecule has 2 aromatic carbocycles. The third kappa shape index (κ3) is 4.67. The minimum atomic E-state index is -0.462. The molecule has 35 heavy (non-hydrogen) atoms. The second kappa shape index (κ2) is 9.71. The number of amides is 1. The van der Waals surface area contributed by atoms with Gasteiger partial charge in [0.15, 0.2) is 0 Å². The lowest BCUT2D eigenvalue weighted by Gasteiger charge is -2.27. The molecule has 0 spiro atoms. The molecule has 1 fully saturated rings. The molecular formula is C26H25F2N5O2. The Bertz CT molecular complexity index is 1360. The van der Waals surface area contributed by atoms with Gasteiger partial charge in [-0.2, -0.15) is 5.10 Å². The van der Waals surface area contributed by atoms with Crippen LogP contribution in [0.15, 0.2) is 67.0 Å². The molecule has 1 amide bonds. The number of fused-ring (bicyclic) bond motifs is 1. The van der Waals surface area contributed by atoms with Gasteiger partial charge < -0.3 is 20.6 Å². The zero-order chi connectivity index (χ0) is 24.4. The summed E-state index contributed by atoms with van der Waals surface area (Å²) in [5, 5.41) is 19.1. The second-order valence-electron chi connectivity index (χ2n) is 8.47. The molecule has 7 nitrogen and oxygen atoms in total. The zero-order valence-corrected chi connectivity index (χ0v) is 18.9. The largest absolute Gasteiger partial charge is 0.395 e. The SMILES string of the molecule is O=C(Nc1ccc(NCCO)cc1)c1cnn2ccc(N3CCCC3c3cc(F)ccc3F)cc12. The molecule has 1 aliphatic heterocycles. The maximum atomic E-state index is 14.5. The van der Waals surface area contributed by atoms with E-state index in [-0.39, 0.29) is 18.6 Å². The van der Waals surface area contributed by atoms with Crippen LogP contribution in [0, 0.1) is 11.6 Å². The highest BCUT2D eigenvalue weighted by Gasteiger charge is 2.29. The topological polar surface area (TPSA) is 81.9 Å². The van der Waals surface area contributed by atoms with Crippen molar-refractivity contribution in [3.05, 3.63) is 89.8 Å². The van der Waals surface area contributed by atoms with Crippen LogP contribution in [0.4, 0.5) is 25.8 Å². The number of anilines is 3. The van der Waals surface area contributed by atoms with Crippen LogP contribution in [-0.2, 0) is 0 Å². The fraction of sp³-hybridized carbons (Fsp3) is 0.231. The Morgan fingerprint density at radius 2 is 1.89 bits per heavy atom. The number of nitrogens with one attached hydrogen (secondary N) is 2. The number of rotatable bonds is 7. The predicted octanol–water partition coefficient (Wildman–Crippen LogP) is 4.61. The van der Waals surface area contributed by atoms with Crippen molar-refractivity contribution in [2.45, 2.75) is 18.9 Å². The molecule has 1 saturated heterocycles. The smallest absolute Gasteiger partial charge is 0.259 e. The summed E-state index contributed by atoms with van der Waals surface area (Å²) in [5.74, 6) is -1.19. The van der Waals surface area contributed by atoms with Gasteiger partial charge in [0, 0.05) is 41.9 Å². The number of aromatic nitrogens is 2. The average molecular weight is 478 g/mol. The highest BCUT2D eigenvalue weighted by atomic mass is 19.1. The molecule has 0 saturated carbocycles. The van der Waals surface area contributed by atoms with Crippen molar-refractivity contribution in [2.24, 2.45) is 0 Å². The minimum absolute atomic E-state index is 0.0323. The number of halogens is 2. The van der Waals surface area contributed by atoms with Crippen LogP contribution in [0.5, 0.6) is 0 Å². The quantitative estimate of drug-likeness (QED) is 0.362. The first kappa shape index (κ1) is 22.8. The Labute approximate surface area is 201 Å². The lowest BCUT2D eigenvalue weighted by atomic mass is 10.0. The van der Waals surface area contributed by atoms with E-state index in [1.807, 2.05) is 29.2 Å². The third-order valence-corrected chi connectivity index (χ3v) is 6.23. The molecule has 3 heterocycles. The van der Waals surface area contributed by atoms with Crippen molar-refractivity contribution >= 4 is 28.5 Å². The molecule has 1 unspecified atom stereocenters. The third-order valence-electron chi connectivity index (χ3n) is 6.23. The van der Waals surface area contributed by atoms with Gasteiger partial charge in [-0.15, -0.1) is 0 Å². The van der Waals surface area contributed by atoms with Gasteiger partial charge in [0.2, 0.25) is 0 Å². The molecule has 180 valence electrons. The average Bonchev–Trinajstić information content (AvgIpc) is 3.52. The van der Waals surface area contributed by atoms with E-state index in [1.165, 1.54) is 18.3 Å². The van der Waals surface area contributed by atoms with Crippen LogP contribution in [0.3, 0.4) is 0 Å². The Hall–Kier alpha value is -3.98. The van der Waals surface area contributed by atoms with Crippen LogP contribution in [-0.4, -0.2) is 40.3 Å². The van der Waals surface area contributed by atoms with E-state index in [9.17, 15) is 13.6 Å². The van der Waals surface area contributed by atoms with Crippen molar-refractivity contribution in [1.82, 2.24) is 9.61 Å². The minimum Gasteiger partial charge on any atom is -0.395 e. The lowest BCUT2D eigenvalue weighted by Crippen LogP contribution is -2.23. The van der Waals surface area contributed by atoms with Crippen molar-refractivity contribution < 1.29 is 18.7 Å². The first-order valence-electron chi connectivity index (χ1n) is 11.5. The van der Waals surface area contributed by atoms with Crippen LogP contribution in [0.1, 0.15) is 34.8 Å². The van der Waals surface area contributed by atoms with Gasteiger partial charge in [0.05, 0.1) is 29.9 Å². The van der Waals surface area contributed by atoms with Gasteiger partial charge >= 0.3 is 0 Å². The van der Waals surface area contributed by atoms with Gasteiger partial charge in [-0.05, 0) is 67.4 Å². The number of aliphatic hydroxyl groups is 1. The van der Waals surface area contributed by atoms with Crippen LogP contribution < -0.4 is 15.5 Å². The van der Waals surface area contributed by atoms with Gasteiger partial charge in [-0.25, -0.2) is 13.3 Å². The van der Waals surface area contributed by atoms with Gasteiger partial charge in [0.25, 0.3) is 5.91 Å². The first-order chi connectivity index (χ1) is 17.0. The van der Waals surface area contributed by atoms with E-state index in [0.29, 0.717) is 41.8 Å². The highest BCUT2D eigenvalue weighted by molar-refractivity contribution is 6.09. The Morgan fingerprint density at radius 3 is 2.69 bits per heavy atom. The molecule has 1 aliphatic rings. The Balaban J connectivity index is 1.39. The molecule has 1 atom stereocenters. The van der Waals surface area contributed by atoms with Crippen LogP contribution in [0.25, 0.3) is 5.52 Å². The van der Waals surface area contributed by atoms with Crippen LogP contribution >= 0.6 is 0 Å². The summed E-state index contributed by atoms with van der Waals surface area (Å²) in [7, 11) is 0. The van der Waals surface area contributed by atoms with E-state index < -0.39 is 11.6 Å². The first-order valence-corrected chi connectivity index (χ1v) is 11.5. The van der Waals surface area contributed by atoms with Gasteiger partial charge in [-0.3, -0.25) is 4.79 Å². The Kier molecular flexibility index (Phi) is 6.33. The van der Waals surface area contributed by atoms with Crippen molar-refractivity contribution in [2.75, 3.05) is 35.2 Å². The zero-order valence-electron chi connectivity index (χ0n) is 18.9.